The molecule has 0 N–H and O–H groups in total. The number of hydrogen-bond acceptors (Lipinski definition) is 3. The van der Waals surface area contributed by atoms with Gasteiger partial charge in [-0.25, -0.2) is 4.98 Å². The minimum atomic E-state index is 0.723. The van der Waals surface area contributed by atoms with E-state index in [2.05, 4.69) is 54.9 Å². The van der Waals surface area contributed by atoms with Gasteiger partial charge in [0.2, 0.25) is 0 Å². The van der Waals surface area contributed by atoms with E-state index < -0.39 is 0 Å². The van der Waals surface area contributed by atoms with Gasteiger partial charge in [0.05, 0.1) is 12.3 Å². The quantitative estimate of drug-likeness (QED) is 0.165. The lowest BCUT2D eigenvalue weighted by Crippen LogP contribution is -2.20. The smallest absolute Gasteiger partial charge is 0.194 e. The molecule has 0 amide bonds. The molecule has 0 aliphatic heterocycles. The van der Waals surface area contributed by atoms with E-state index in [9.17, 15) is 0 Å². The number of unbranched alkanes of at least 4 members (excludes halogenated alkanes) is 9. The Kier molecular flexibility index (Phi) is 11.9. The minimum absolute atomic E-state index is 0.723. The van der Waals surface area contributed by atoms with E-state index in [1.54, 1.807) is 0 Å². The fraction of sp³-hybridized carbons (Fsp3) is 0.667. The van der Waals surface area contributed by atoms with Gasteiger partial charge in [0.1, 0.15) is 5.75 Å². The third kappa shape index (κ3) is 9.16. The number of benzene rings is 1. The van der Waals surface area contributed by atoms with Gasteiger partial charge in [0.25, 0.3) is 0 Å². The molecule has 2 heterocycles. The molecular formula is C33H50N2OS. The maximum absolute atomic E-state index is 6.21. The van der Waals surface area contributed by atoms with Crippen LogP contribution in [0.2, 0.25) is 0 Å². The van der Waals surface area contributed by atoms with Crippen molar-refractivity contribution in [2.75, 3.05) is 6.61 Å². The normalized spacial score (nSPS) is 18.0. The largest absolute Gasteiger partial charge is 0.493 e. The molecule has 1 aliphatic rings. The molecule has 0 saturated heterocycles. The molecule has 4 rings (SSSR count). The van der Waals surface area contributed by atoms with Gasteiger partial charge in [-0.3, -0.25) is 4.40 Å². The van der Waals surface area contributed by atoms with Gasteiger partial charge in [-0.05, 0) is 61.8 Å². The Morgan fingerprint density at radius 1 is 0.784 bits per heavy atom. The predicted octanol–water partition coefficient (Wildman–Crippen LogP) is 10.5. The lowest BCUT2D eigenvalue weighted by Gasteiger charge is -2.28. The van der Waals surface area contributed by atoms with Crippen molar-refractivity contribution in [3.63, 3.8) is 0 Å². The molecule has 0 radical (unpaired) electrons. The highest BCUT2D eigenvalue weighted by atomic mass is 32.1. The fourth-order valence-corrected chi connectivity index (χ4v) is 6.84. The number of ether oxygens (including phenoxy) is 1. The Hall–Kier alpha value is -1.81. The number of hydrogen-bond donors (Lipinski definition) is 0. The molecule has 0 unspecified atom stereocenters. The summed E-state index contributed by atoms with van der Waals surface area (Å²) in [6.45, 7) is 5.44. The van der Waals surface area contributed by atoms with E-state index in [1.165, 1.54) is 120 Å². The van der Waals surface area contributed by atoms with Crippen LogP contribution in [0.1, 0.15) is 121 Å². The van der Waals surface area contributed by atoms with E-state index in [-0.39, 0.29) is 0 Å². The van der Waals surface area contributed by atoms with Crippen LogP contribution in [0.3, 0.4) is 0 Å². The zero-order valence-electron chi connectivity index (χ0n) is 23.6. The summed E-state index contributed by atoms with van der Waals surface area (Å²) >= 11 is 1.84. The number of imidazole rings is 1. The van der Waals surface area contributed by atoms with Crippen molar-refractivity contribution < 1.29 is 4.74 Å². The molecule has 1 aromatic carbocycles. The Bertz CT molecular complexity index is 981. The van der Waals surface area contributed by atoms with Crippen LogP contribution in [0.15, 0.2) is 36.7 Å². The van der Waals surface area contributed by atoms with Gasteiger partial charge < -0.3 is 4.74 Å². The third-order valence-corrected chi connectivity index (χ3v) is 9.35. The minimum Gasteiger partial charge on any atom is -0.493 e. The first kappa shape index (κ1) is 28.2. The van der Waals surface area contributed by atoms with Crippen LogP contribution in [0, 0.1) is 11.8 Å². The molecule has 0 atom stereocenters. The van der Waals surface area contributed by atoms with Crippen molar-refractivity contribution in [3.05, 3.63) is 41.5 Å². The molecule has 0 spiro atoms. The first-order chi connectivity index (χ1) is 18.2. The maximum Gasteiger partial charge on any atom is 0.194 e. The van der Waals surface area contributed by atoms with Gasteiger partial charge in [-0.2, -0.15) is 0 Å². The number of fused-ring (bicyclic) bond motifs is 1. The summed E-state index contributed by atoms with van der Waals surface area (Å²) in [6.07, 6.45) is 27.7. The standard InChI is InChI=1S/C33H50N2OS/c1-3-5-7-9-11-12-14-27-16-18-28(19-17-27)26-36-30-22-20-29(21-23-30)32-25-35-24-31(37-33(35)34-32)15-13-10-8-6-4-2/h20-25,27-28H,3-19,26H2,1-2H3. The van der Waals surface area contributed by atoms with E-state index >= 15 is 0 Å². The second kappa shape index (κ2) is 15.6. The first-order valence-electron chi connectivity index (χ1n) is 15.5. The van der Waals surface area contributed by atoms with E-state index in [0.717, 1.165) is 34.8 Å². The van der Waals surface area contributed by atoms with Crippen molar-refractivity contribution in [1.82, 2.24) is 9.38 Å². The van der Waals surface area contributed by atoms with Gasteiger partial charge >= 0.3 is 0 Å². The second-order valence-corrected chi connectivity index (χ2v) is 12.5. The van der Waals surface area contributed by atoms with Crippen molar-refractivity contribution in [2.24, 2.45) is 11.8 Å². The van der Waals surface area contributed by atoms with E-state index in [4.69, 9.17) is 9.72 Å². The summed E-state index contributed by atoms with van der Waals surface area (Å²) in [7, 11) is 0. The van der Waals surface area contributed by atoms with Crippen LogP contribution in [0.4, 0.5) is 0 Å². The molecule has 0 bridgehead atoms. The average Bonchev–Trinajstić information content (AvgIpc) is 3.49. The third-order valence-electron chi connectivity index (χ3n) is 8.30. The molecular weight excluding hydrogens is 472 g/mol. The molecule has 4 heteroatoms. The number of aromatic nitrogens is 2. The predicted molar refractivity (Wildman–Crippen MR) is 160 cm³/mol. The van der Waals surface area contributed by atoms with E-state index in [0.29, 0.717) is 0 Å². The highest BCUT2D eigenvalue weighted by molar-refractivity contribution is 7.17. The van der Waals surface area contributed by atoms with Gasteiger partial charge in [0.15, 0.2) is 4.96 Å². The summed E-state index contributed by atoms with van der Waals surface area (Å²) in [5, 5.41) is 0. The van der Waals surface area contributed by atoms with Crippen molar-refractivity contribution in [3.8, 4) is 17.0 Å². The van der Waals surface area contributed by atoms with Crippen LogP contribution in [-0.2, 0) is 6.42 Å². The highest BCUT2D eigenvalue weighted by Crippen LogP contribution is 2.33. The Morgan fingerprint density at radius 2 is 1.43 bits per heavy atom. The zero-order valence-corrected chi connectivity index (χ0v) is 24.4. The molecule has 204 valence electrons. The van der Waals surface area contributed by atoms with Gasteiger partial charge in [-0.1, -0.05) is 97.3 Å². The molecule has 1 saturated carbocycles. The SMILES string of the molecule is CCCCCCCCC1CCC(COc2ccc(-c3cn4cc(CCCCCCC)sc4n3)cc2)CC1. The Balaban J connectivity index is 1.15. The second-order valence-electron chi connectivity index (χ2n) is 11.5. The summed E-state index contributed by atoms with van der Waals surface area (Å²) in [4.78, 5) is 7.45. The van der Waals surface area contributed by atoms with Crippen LogP contribution < -0.4 is 4.74 Å². The monoisotopic (exact) mass is 522 g/mol. The van der Waals surface area contributed by atoms with Crippen molar-refractivity contribution in [1.29, 1.82) is 0 Å². The molecule has 1 aliphatic carbocycles. The maximum atomic E-state index is 6.21. The number of rotatable bonds is 17. The van der Waals surface area contributed by atoms with Gasteiger partial charge in [-0.15, -0.1) is 11.3 Å². The average molecular weight is 523 g/mol. The Labute approximate surface area is 230 Å². The summed E-state index contributed by atoms with van der Waals surface area (Å²) in [6, 6.07) is 8.56. The molecule has 37 heavy (non-hydrogen) atoms. The molecule has 3 aromatic rings. The molecule has 3 nitrogen and oxygen atoms in total. The fourth-order valence-electron chi connectivity index (χ4n) is 5.84. The number of aryl methyl sites for hydroxylation is 1. The Morgan fingerprint density at radius 3 is 2.14 bits per heavy atom. The van der Waals surface area contributed by atoms with Crippen molar-refractivity contribution >= 4 is 16.3 Å². The molecule has 1 fully saturated rings. The molecule has 2 aromatic heterocycles. The number of nitrogens with zero attached hydrogens (tertiary/aromatic N) is 2. The highest BCUT2D eigenvalue weighted by Gasteiger charge is 2.21. The van der Waals surface area contributed by atoms with Crippen LogP contribution in [-0.4, -0.2) is 16.0 Å². The van der Waals surface area contributed by atoms with Crippen molar-refractivity contribution in [2.45, 2.75) is 123 Å². The summed E-state index contributed by atoms with van der Waals surface area (Å²) in [5.74, 6) is 2.68. The lowest BCUT2D eigenvalue weighted by molar-refractivity contribution is 0.177. The van der Waals surface area contributed by atoms with Crippen LogP contribution in [0.5, 0.6) is 5.75 Å². The topological polar surface area (TPSA) is 26.5 Å². The van der Waals surface area contributed by atoms with Crippen LogP contribution in [0.25, 0.3) is 16.2 Å². The van der Waals surface area contributed by atoms with Crippen LogP contribution >= 0.6 is 11.3 Å². The first-order valence-corrected chi connectivity index (χ1v) is 16.3. The number of thiazole rings is 1. The zero-order chi connectivity index (χ0) is 25.7. The summed E-state index contributed by atoms with van der Waals surface area (Å²) < 4.78 is 8.41. The van der Waals surface area contributed by atoms with Gasteiger partial charge in [0, 0.05) is 22.8 Å². The lowest BCUT2D eigenvalue weighted by atomic mass is 9.80. The summed E-state index contributed by atoms with van der Waals surface area (Å²) in [5.41, 5.74) is 2.22. The van der Waals surface area contributed by atoms with E-state index in [1.807, 2.05) is 11.3 Å².